The Hall–Kier alpha value is -1.95. The van der Waals surface area contributed by atoms with Gasteiger partial charge in [-0.05, 0) is 32.4 Å². The zero-order valence-electron chi connectivity index (χ0n) is 12.5. The molecule has 1 N–H and O–H groups in total. The number of pyridine rings is 1. The maximum Gasteiger partial charge on any atom is 0.217 e. The minimum atomic E-state index is 0.272. The second kappa shape index (κ2) is 6.22. The van der Waals surface area contributed by atoms with Crippen molar-refractivity contribution in [2.75, 3.05) is 13.7 Å². The number of nitrogens with zero attached hydrogens (tertiary/aromatic N) is 4. The summed E-state index contributed by atoms with van der Waals surface area (Å²) in [5, 5.41) is 7.30. The third-order valence-corrected chi connectivity index (χ3v) is 3.94. The molecule has 3 rings (SSSR count). The van der Waals surface area contributed by atoms with Crippen molar-refractivity contribution in [1.82, 2.24) is 25.1 Å². The fourth-order valence-electron chi connectivity index (χ4n) is 2.93. The number of rotatable bonds is 4. The molecule has 2 aromatic rings. The van der Waals surface area contributed by atoms with Gasteiger partial charge in [0.25, 0.3) is 0 Å². The number of ether oxygens (including phenoxy) is 1. The van der Waals surface area contributed by atoms with Crippen molar-refractivity contribution in [3.05, 3.63) is 35.5 Å². The molecule has 1 aliphatic rings. The van der Waals surface area contributed by atoms with Gasteiger partial charge in [-0.1, -0.05) is 12.5 Å². The Labute approximate surface area is 124 Å². The van der Waals surface area contributed by atoms with Crippen LogP contribution in [0.4, 0.5) is 0 Å². The number of hydrogen-bond acceptors (Lipinski definition) is 5. The van der Waals surface area contributed by atoms with E-state index in [1.807, 2.05) is 13.0 Å². The Morgan fingerprint density at radius 3 is 3.10 bits per heavy atom. The van der Waals surface area contributed by atoms with E-state index in [-0.39, 0.29) is 6.04 Å². The monoisotopic (exact) mass is 287 g/mol. The molecule has 0 aliphatic carbocycles. The number of methoxy groups -OCH3 is 1. The van der Waals surface area contributed by atoms with Gasteiger partial charge < -0.3 is 4.74 Å². The highest BCUT2D eigenvalue weighted by Crippen LogP contribution is 2.31. The molecule has 0 radical (unpaired) electrons. The van der Waals surface area contributed by atoms with Gasteiger partial charge in [0, 0.05) is 18.3 Å². The number of hydrogen-bond donors (Lipinski definition) is 1. The summed E-state index contributed by atoms with van der Waals surface area (Å²) in [6.45, 7) is 3.80. The molecule has 6 nitrogen and oxygen atoms in total. The Morgan fingerprint density at radius 2 is 2.33 bits per heavy atom. The van der Waals surface area contributed by atoms with E-state index in [4.69, 9.17) is 4.74 Å². The van der Waals surface area contributed by atoms with Gasteiger partial charge >= 0.3 is 0 Å². The molecule has 1 unspecified atom stereocenters. The molecule has 2 aromatic heterocycles. The zero-order chi connectivity index (χ0) is 14.7. The summed E-state index contributed by atoms with van der Waals surface area (Å²) >= 11 is 0. The minimum Gasteiger partial charge on any atom is -0.481 e. The Kier molecular flexibility index (Phi) is 4.15. The van der Waals surface area contributed by atoms with Gasteiger partial charge in [0.1, 0.15) is 5.82 Å². The van der Waals surface area contributed by atoms with E-state index >= 15 is 0 Å². The standard InChI is InChI=1S/C15H21N5O/c1-11-17-14(19-18-11)13-7-3-4-9-20(13)10-12-6-5-8-16-15(12)21-2/h5-6,8,13H,3-4,7,9-10H2,1-2H3,(H,17,18,19). The van der Waals surface area contributed by atoms with Crippen molar-refractivity contribution in [3.8, 4) is 5.88 Å². The van der Waals surface area contributed by atoms with E-state index in [1.165, 1.54) is 12.8 Å². The Morgan fingerprint density at radius 1 is 1.43 bits per heavy atom. The molecule has 21 heavy (non-hydrogen) atoms. The number of likely N-dealkylation sites (tertiary alicyclic amines) is 1. The highest BCUT2D eigenvalue weighted by Gasteiger charge is 2.27. The first-order chi connectivity index (χ1) is 10.3. The maximum absolute atomic E-state index is 5.36. The Bertz CT molecular complexity index is 597. The summed E-state index contributed by atoms with van der Waals surface area (Å²) in [6.07, 6.45) is 5.29. The highest BCUT2D eigenvalue weighted by molar-refractivity contribution is 5.25. The number of aromatic nitrogens is 4. The molecule has 0 saturated carbocycles. The molecule has 1 aliphatic heterocycles. The molecule has 1 atom stereocenters. The largest absolute Gasteiger partial charge is 0.481 e. The number of aryl methyl sites for hydroxylation is 1. The molecule has 0 amide bonds. The van der Waals surface area contributed by atoms with Crippen LogP contribution >= 0.6 is 0 Å². The van der Waals surface area contributed by atoms with Crippen LogP contribution < -0.4 is 4.74 Å². The summed E-state index contributed by atoms with van der Waals surface area (Å²) in [4.78, 5) is 11.2. The number of aromatic amines is 1. The van der Waals surface area contributed by atoms with Crippen molar-refractivity contribution in [2.24, 2.45) is 0 Å². The van der Waals surface area contributed by atoms with E-state index in [2.05, 4.69) is 31.1 Å². The van der Waals surface area contributed by atoms with Crippen molar-refractivity contribution >= 4 is 0 Å². The first-order valence-electron chi connectivity index (χ1n) is 7.39. The van der Waals surface area contributed by atoms with Gasteiger partial charge in [-0.25, -0.2) is 9.97 Å². The number of nitrogens with one attached hydrogen (secondary N) is 1. The molecule has 1 saturated heterocycles. The van der Waals surface area contributed by atoms with Crippen LogP contribution in [0.25, 0.3) is 0 Å². The summed E-state index contributed by atoms with van der Waals surface area (Å²) < 4.78 is 5.36. The summed E-state index contributed by atoms with van der Waals surface area (Å²) in [5.74, 6) is 2.47. The molecule has 112 valence electrons. The molecule has 6 heteroatoms. The molecule has 0 bridgehead atoms. The van der Waals surface area contributed by atoms with Crippen molar-refractivity contribution in [2.45, 2.75) is 38.8 Å². The topological polar surface area (TPSA) is 66.9 Å². The first-order valence-corrected chi connectivity index (χ1v) is 7.39. The summed E-state index contributed by atoms with van der Waals surface area (Å²) in [7, 11) is 1.66. The highest BCUT2D eigenvalue weighted by atomic mass is 16.5. The predicted molar refractivity (Wildman–Crippen MR) is 78.9 cm³/mol. The lowest BCUT2D eigenvalue weighted by molar-refractivity contribution is 0.132. The molecule has 0 spiro atoms. The van der Waals surface area contributed by atoms with Crippen LogP contribution in [0.3, 0.4) is 0 Å². The number of H-pyrrole nitrogens is 1. The van der Waals surface area contributed by atoms with Crippen LogP contribution in [0.5, 0.6) is 5.88 Å². The predicted octanol–water partition coefficient (Wildman–Crippen LogP) is 2.24. The average Bonchev–Trinajstić information content (AvgIpc) is 2.95. The third-order valence-electron chi connectivity index (χ3n) is 3.94. The summed E-state index contributed by atoms with van der Waals surface area (Å²) in [5.41, 5.74) is 1.11. The van der Waals surface area contributed by atoms with Crippen LogP contribution in [0.15, 0.2) is 18.3 Å². The van der Waals surface area contributed by atoms with E-state index in [1.54, 1.807) is 13.3 Å². The van der Waals surface area contributed by atoms with Gasteiger partial charge in [0.15, 0.2) is 5.82 Å². The SMILES string of the molecule is COc1ncccc1CN1CCCCC1c1n[nH]c(C)n1. The third kappa shape index (κ3) is 3.05. The van der Waals surface area contributed by atoms with Crippen LogP contribution in [0.1, 0.15) is 42.5 Å². The first kappa shape index (κ1) is 14.0. The van der Waals surface area contributed by atoms with Crippen molar-refractivity contribution < 1.29 is 4.74 Å². The van der Waals surface area contributed by atoms with Crippen LogP contribution in [0, 0.1) is 6.92 Å². The zero-order valence-corrected chi connectivity index (χ0v) is 12.5. The summed E-state index contributed by atoms with van der Waals surface area (Å²) in [6, 6.07) is 4.29. The fourth-order valence-corrected chi connectivity index (χ4v) is 2.93. The minimum absolute atomic E-state index is 0.272. The fraction of sp³-hybridized carbons (Fsp3) is 0.533. The maximum atomic E-state index is 5.36. The van der Waals surface area contributed by atoms with Crippen LogP contribution in [0.2, 0.25) is 0 Å². The molecular formula is C15H21N5O. The van der Waals surface area contributed by atoms with Crippen molar-refractivity contribution in [3.63, 3.8) is 0 Å². The average molecular weight is 287 g/mol. The molecule has 1 fully saturated rings. The lowest BCUT2D eigenvalue weighted by Crippen LogP contribution is -2.33. The Balaban J connectivity index is 1.81. The number of piperidine rings is 1. The molecule has 3 heterocycles. The smallest absolute Gasteiger partial charge is 0.217 e. The van der Waals surface area contributed by atoms with Gasteiger partial charge in [-0.3, -0.25) is 10.00 Å². The second-order valence-electron chi connectivity index (χ2n) is 5.43. The van der Waals surface area contributed by atoms with Gasteiger partial charge in [0.05, 0.1) is 13.2 Å². The van der Waals surface area contributed by atoms with Crippen LogP contribution in [-0.2, 0) is 6.54 Å². The quantitative estimate of drug-likeness (QED) is 0.934. The lowest BCUT2D eigenvalue weighted by Gasteiger charge is -2.34. The molecule has 0 aromatic carbocycles. The second-order valence-corrected chi connectivity index (χ2v) is 5.43. The van der Waals surface area contributed by atoms with Crippen molar-refractivity contribution in [1.29, 1.82) is 0 Å². The van der Waals surface area contributed by atoms with E-state index in [0.717, 1.165) is 36.7 Å². The van der Waals surface area contributed by atoms with Crippen LogP contribution in [-0.4, -0.2) is 38.7 Å². The van der Waals surface area contributed by atoms with Gasteiger partial charge in [-0.15, -0.1) is 0 Å². The lowest BCUT2D eigenvalue weighted by atomic mass is 10.0. The van der Waals surface area contributed by atoms with Gasteiger partial charge in [0.2, 0.25) is 5.88 Å². The molecular weight excluding hydrogens is 266 g/mol. The normalized spacial score (nSPS) is 19.6. The van der Waals surface area contributed by atoms with E-state index in [9.17, 15) is 0 Å². The van der Waals surface area contributed by atoms with E-state index in [0.29, 0.717) is 5.88 Å². The van der Waals surface area contributed by atoms with Gasteiger partial charge in [-0.2, -0.15) is 5.10 Å². The van der Waals surface area contributed by atoms with E-state index < -0.39 is 0 Å².